The van der Waals surface area contributed by atoms with Gasteiger partial charge in [-0.25, -0.2) is 9.97 Å². The van der Waals surface area contributed by atoms with Crippen LogP contribution in [0.2, 0.25) is 0 Å². The van der Waals surface area contributed by atoms with Gasteiger partial charge in [-0.1, -0.05) is 40.5 Å². The molecule has 0 aliphatic heterocycles. The highest BCUT2D eigenvalue weighted by atomic mass is 14.9. The highest BCUT2D eigenvalue weighted by molar-refractivity contribution is 5.19. The Morgan fingerprint density at radius 3 is 2.29 bits per heavy atom. The van der Waals surface area contributed by atoms with Crippen LogP contribution in [0.3, 0.4) is 0 Å². The van der Waals surface area contributed by atoms with E-state index >= 15 is 0 Å². The van der Waals surface area contributed by atoms with Crippen LogP contribution in [0.15, 0.2) is 6.20 Å². The van der Waals surface area contributed by atoms with Gasteiger partial charge in [-0.3, -0.25) is 0 Å². The molecule has 0 amide bonds. The summed E-state index contributed by atoms with van der Waals surface area (Å²) in [5.41, 5.74) is 2.70. The molecule has 1 aromatic rings. The summed E-state index contributed by atoms with van der Waals surface area (Å²) in [7, 11) is 0. The van der Waals surface area contributed by atoms with Crippen LogP contribution < -0.4 is 0 Å². The van der Waals surface area contributed by atoms with Gasteiger partial charge in [0, 0.05) is 17.8 Å². The first-order valence-electron chi connectivity index (χ1n) is 7.12. The Balaban J connectivity index is 0.000000686. The minimum atomic E-state index is 0.445. The van der Waals surface area contributed by atoms with Gasteiger partial charge in [-0.15, -0.1) is 0 Å². The van der Waals surface area contributed by atoms with Crippen molar-refractivity contribution in [1.29, 1.82) is 0 Å². The predicted octanol–water partition coefficient (Wildman–Crippen LogP) is 4.29. The van der Waals surface area contributed by atoms with Crippen molar-refractivity contribution in [2.45, 2.75) is 72.1 Å². The summed E-state index contributed by atoms with van der Waals surface area (Å²) in [6.45, 7) is 8.31. The zero-order chi connectivity index (χ0) is 12.7. The maximum absolute atomic E-state index is 4.70. The van der Waals surface area contributed by atoms with Gasteiger partial charge in [-0.2, -0.15) is 0 Å². The SMILES string of the molecule is CC.CC(C)c1ncc2c(n1)CCCCCC2. The van der Waals surface area contributed by atoms with E-state index in [4.69, 9.17) is 4.98 Å². The molecule has 0 atom stereocenters. The maximum Gasteiger partial charge on any atom is 0.131 e. The second-order valence-corrected chi connectivity index (χ2v) is 4.77. The van der Waals surface area contributed by atoms with E-state index in [1.807, 2.05) is 13.8 Å². The molecule has 2 nitrogen and oxygen atoms in total. The molecular weight excluding hydrogens is 208 g/mol. The predicted molar refractivity (Wildman–Crippen MR) is 73.3 cm³/mol. The molecule has 1 aliphatic rings. The first-order valence-corrected chi connectivity index (χ1v) is 7.12. The summed E-state index contributed by atoms with van der Waals surface area (Å²) < 4.78 is 0. The monoisotopic (exact) mass is 234 g/mol. The lowest BCUT2D eigenvalue weighted by atomic mass is 9.98. The van der Waals surface area contributed by atoms with E-state index in [2.05, 4.69) is 25.0 Å². The highest BCUT2D eigenvalue weighted by Crippen LogP contribution is 2.19. The molecule has 1 aromatic heterocycles. The Hall–Kier alpha value is -0.920. The first-order chi connectivity index (χ1) is 8.27. The van der Waals surface area contributed by atoms with Crippen molar-refractivity contribution >= 4 is 0 Å². The normalized spacial score (nSPS) is 15.4. The number of aromatic nitrogens is 2. The van der Waals surface area contributed by atoms with E-state index in [9.17, 15) is 0 Å². The summed E-state index contributed by atoms with van der Waals surface area (Å²) in [4.78, 5) is 9.16. The number of rotatable bonds is 1. The fourth-order valence-corrected chi connectivity index (χ4v) is 2.12. The van der Waals surface area contributed by atoms with Crippen molar-refractivity contribution in [3.63, 3.8) is 0 Å². The second kappa shape index (κ2) is 7.41. The summed E-state index contributed by atoms with van der Waals surface area (Å²) in [6.07, 6.45) is 9.71. The third kappa shape index (κ3) is 4.10. The van der Waals surface area contributed by atoms with Crippen LogP contribution in [-0.4, -0.2) is 9.97 Å². The number of hydrogen-bond acceptors (Lipinski definition) is 2. The molecule has 17 heavy (non-hydrogen) atoms. The smallest absolute Gasteiger partial charge is 0.131 e. The van der Waals surface area contributed by atoms with Crippen LogP contribution in [-0.2, 0) is 12.8 Å². The quantitative estimate of drug-likeness (QED) is 0.724. The van der Waals surface area contributed by atoms with Gasteiger partial charge in [0.05, 0.1) is 0 Å². The lowest BCUT2D eigenvalue weighted by Gasteiger charge is -2.14. The molecule has 2 rings (SSSR count). The first kappa shape index (κ1) is 14.1. The van der Waals surface area contributed by atoms with Gasteiger partial charge in [0.1, 0.15) is 5.82 Å². The van der Waals surface area contributed by atoms with Crippen molar-refractivity contribution in [3.8, 4) is 0 Å². The molecule has 0 bridgehead atoms. The average Bonchev–Trinajstić information content (AvgIpc) is 2.32. The van der Waals surface area contributed by atoms with Crippen LogP contribution in [0.5, 0.6) is 0 Å². The summed E-state index contributed by atoms with van der Waals surface area (Å²) in [5, 5.41) is 0. The number of nitrogens with zero attached hydrogens (tertiary/aromatic N) is 2. The summed E-state index contributed by atoms with van der Waals surface area (Å²) in [5.74, 6) is 1.45. The Morgan fingerprint density at radius 1 is 1.00 bits per heavy atom. The molecule has 2 heteroatoms. The van der Waals surface area contributed by atoms with Gasteiger partial charge in [0.25, 0.3) is 0 Å². The average molecular weight is 234 g/mol. The number of fused-ring (bicyclic) bond motifs is 1. The van der Waals surface area contributed by atoms with Crippen molar-refractivity contribution in [2.24, 2.45) is 0 Å². The highest BCUT2D eigenvalue weighted by Gasteiger charge is 2.11. The minimum Gasteiger partial charge on any atom is -0.241 e. The summed E-state index contributed by atoms with van der Waals surface area (Å²) >= 11 is 0. The van der Waals surface area contributed by atoms with Crippen LogP contribution in [0.1, 0.15) is 76.4 Å². The van der Waals surface area contributed by atoms with E-state index in [0.717, 1.165) is 12.2 Å². The minimum absolute atomic E-state index is 0.445. The third-order valence-corrected chi connectivity index (χ3v) is 3.10. The fraction of sp³-hybridized carbons (Fsp3) is 0.733. The van der Waals surface area contributed by atoms with E-state index < -0.39 is 0 Å². The second-order valence-electron chi connectivity index (χ2n) is 4.77. The Bertz CT molecular complexity index is 332. The molecule has 0 radical (unpaired) electrons. The van der Waals surface area contributed by atoms with Gasteiger partial charge < -0.3 is 0 Å². The number of hydrogen-bond donors (Lipinski definition) is 0. The molecule has 1 heterocycles. The van der Waals surface area contributed by atoms with E-state index in [0.29, 0.717) is 5.92 Å². The molecule has 0 N–H and O–H groups in total. The van der Waals surface area contributed by atoms with Crippen LogP contribution in [0.4, 0.5) is 0 Å². The molecule has 96 valence electrons. The van der Waals surface area contributed by atoms with Gasteiger partial charge in [0.2, 0.25) is 0 Å². The van der Waals surface area contributed by atoms with Gasteiger partial charge in [-0.05, 0) is 31.2 Å². The van der Waals surface area contributed by atoms with E-state index in [1.54, 1.807) is 0 Å². The maximum atomic E-state index is 4.70. The Labute approximate surface area is 106 Å². The van der Waals surface area contributed by atoms with Crippen LogP contribution in [0, 0.1) is 0 Å². The summed E-state index contributed by atoms with van der Waals surface area (Å²) in [6, 6.07) is 0. The van der Waals surface area contributed by atoms with Crippen molar-refractivity contribution in [2.75, 3.05) is 0 Å². The van der Waals surface area contributed by atoms with Crippen molar-refractivity contribution < 1.29 is 0 Å². The molecular formula is C15H26N2. The molecule has 0 saturated heterocycles. The van der Waals surface area contributed by atoms with E-state index in [1.165, 1.54) is 43.4 Å². The largest absolute Gasteiger partial charge is 0.241 e. The zero-order valence-corrected chi connectivity index (χ0v) is 11.8. The van der Waals surface area contributed by atoms with E-state index in [-0.39, 0.29) is 0 Å². The molecule has 0 aromatic carbocycles. The fourth-order valence-electron chi connectivity index (χ4n) is 2.12. The topological polar surface area (TPSA) is 25.8 Å². The Kier molecular flexibility index (Phi) is 6.17. The van der Waals surface area contributed by atoms with Crippen LogP contribution >= 0.6 is 0 Å². The van der Waals surface area contributed by atoms with Gasteiger partial charge >= 0.3 is 0 Å². The lowest BCUT2D eigenvalue weighted by Crippen LogP contribution is -2.07. The van der Waals surface area contributed by atoms with Crippen LogP contribution in [0.25, 0.3) is 0 Å². The lowest BCUT2D eigenvalue weighted by molar-refractivity contribution is 0.599. The zero-order valence-electron chi connectivity index (χ0n) is 11.8. The van der Waals surface area contributed by atoms with Crippen molar-refractivity contribution in [1.82, 2.24) is 9.97 Å². The number of aryl methyl sites for hydroxylation is 2. The molecule has 0 spiro atoms. The standard InChI is InChI=1S/C13H20N2.C2H6/c1-10(2)13-14-9-11-7-5-3-4-6-8-12(11)15-13;1-2/h9-10H,3-8H2,1-2H3;1-2H3. The molecule has 1 aliphatic carbocycles. The van der Waals surface area contributed by atoms with Crippen molar-refractivity contribution in [3.05, 3.63) is 23.3 Å². The molecule has 0 saturated carbocycles. The van der Waals surface area contributed by atoms with Gasteiger partial charge in [0.15, 0.2) is 0 Å². The molecule has 0 fully saturated rings. The Morgan fingerprint density at radius 2 is 1.65 bits per heavy atom. The third-order valence-electron chi connectivity index (χ3n) is 3.10. The molecule has 0 unspecified atom stereocenters.